The fraction of sp³-hybridized carbons (Fsp3) is 0.500. The zero-order chi connectivity index (χ0) is 36.8. The predicted octanol–water partition coefficient (Wildman–Crippen LogP) is 1.39. The zero-order valence-corrected chi connectivity index (χ0v) is 30.4. The Kier molecular flexibility index (Phi) is 9.65. The number of aromatic nitrogens is 3. The van der Waals surface area contributed by atoms with Crippen LogP contribution in [0.25, 0.3) is 0 Å². The summed E-state index contributed by atoms with van der Waals surface area (Å²) in [5.74, 6) is -1.53. The highest BCUT2D eigenvalue weighted by Crippen LogP contribution is 2.30. The first-order valence-corrected chi connectivity index (χ1v) is 19.1. The standard InChI is InChI=1S/C36H43N11O5S/c1-20-13-30(53-43-20)42-33-31(32(37)49)38-15-28(40-33)46-10-2-3-23(17-46)39-22-8-11-45(12-9-22)24-18-44(19-24)16-21-4-5-25-26(14-21)36(52)47(35(25)51)27-6-7-29(48)41-34(27)50/h4-5,13-15,22-24,27,39H,2-3,6-12,16-19H2,1H3,(H2,37,49)(H,40,42)(H,41,48,50)/t23-,27?/m1/s1. The van der Waals surface area contributed by atoms with Gasteiger partial charge in [-0.25, -0.2) is 9.97 Å². The van der Waals surface area contributed by atoms with Crippen LogP contribution in [0.3, 0.4) is 0 Å². The van der Waals surface area contributed by atoms with Crippen molar-refractivity contribution in [1.29, 1.82) is 0 Å². The molecule has 7 heterocycles. The number of likely N-dealkylation sites (tertiary alicyclic amines) is 2. The van der Waals surface area contributed by atoms with Crippen molar-refractivity contribution < 1.29 is 24.0 Å². The van der Waals surface area contributed by atoms with Crippen LogP contribution >= 0.6 is 11.5 Å². The van der Waals surface area contributed by atoms with E-state index < -0.39 is 29.7 Å². The van der Waals surface area contributed by atoms with E-state index in [0.29, 0.717) is 47.4 Å². The van der Waals surface area contributed by atoms with E-state index in [1.54, 1.807) is 18.3 Å². The normalized spacial score (nSPS) is 23.3. The molecule has 8 rings (SSSR count). The van der Waals surface area contributed by atoms with E-state index in [0.717, 1.165) is 86.1 Å². The fourth-order valence-electron chi connectivity index (χ4n) is 8.20. The van der Waals surface area contributed by atoms with E-state index >= 15 is 0 Å². The van der Waals surface area contributed by atoms with Gasteiger partial charge in [0, 0.05) is 70.4 Å². The second kappa shape index (κ2) is 14.5. The number of rotatable bonds is 10. The summed E-state index contributed by atoms with van der Waals surface area (Å²) >= 11 is 1.29. The third kappa shape index (κ3) is 7.25. The lowest BCUT2D eigenvalue weighted by molar-refractivity contribution is -0.136. The maximum Gasteiger partial charge on any atom is 0.271 e. The Morgan fingerprint density at radius 2 is 1.77 bits per heavy atom. The molecule has 0 bridgehead atoms. The van der Waals surface area contributed by atoms with Crippen molar-refractivity contribution in [3.8, 4) is 0 Å². The van der Waals surface area contributed by atoms with E-state index in [-0.39, 0.29) is 24.4 Å². The summed E-state index contributed by atoms with van der Waals surface area (Å²) in [6.07, 6.45) is 6.14. The lowest BCUT2D eigenvalue weighted by atomic mass is 9.97. The Morgan fingerprint density at radius 3 is 2.51 bits per heavy atom. The second-order valence-corrected chi connectivity index (χ2v) is 15.5. The highest BCUT2D eigenvalue weighted by molar-refractivity contribution is 7.10. The van der Waals surface area contributed by atoms with Crippen molar-refractivity contribution in [3.63, 3.8) is 0 Å². The van der Waals surface area contributed by atoms with Gasteiger partial charge in [0.25, 0.3) is 17.7 Å². The summed E-state index contributed by atoms with van der Waals surface area (Å²) in [5, 5.41) is 10.1. The van der Waals surface area contributed by atoms with Gasteiger partial charge >= 0.3 is 0 Å². The van der Waals surface area contributed by atoms with E-state index in [1.165, 1.54) is 11.5 Å². The number of nitrogens with two attached hydrogens (primary N) is 1. The quantitative estimate of drug-likeness (QED) is 0.218. The monoisotopic (exact) mass is 741 g/mol. The molecule has 53 heavy (non-hydrogen) atoms. The lowest BCUT2D eigenvalue weighted by Crippen LogP contribution is -2.61. The Balaban J connectivity index is 0.800. The van der Waals surface area contributed by atoms with E-state index in [9.17, 15) is 24.0 Å². The molecule has 2 aromatic heterocycles. The maximum atomic E-state index is 13.2. The first kappa shape index (κ1) is 35.2. The van der Waals surface area contributed by atoms with Crippen LogP contribution in [-0.4, -0.2) is 122 Å². The smallest absolute Gasteiger partial charge is 0.271 e. The van der Waals surface area contributed by atoms with Gasteiger partial charge in [-0.05, 0) is 74.3 Å². The summed E-state index contributed by atoms with van der Waals surface area (Å²) in [6.45, 7) is 8.20. The molecule has 5 aliphatic rings. The van der Waals surface area contributed by atoms with Gasteiger partial charge in [0.1, 0.15) is 16.9 Å². The number of nitrogens with zero attached hydrogens (tertiary/aromatic N) is 7. The molecular weight excluding hydrogens is 699 g/mol. The average molecular weight is 742 g/mol. The number of hydrogen-bond donors (Lipinski definition) is 4. The van der Waals surface area contributed by atoms with Gasteiger partial charge in [0.15, 0.2) is 11.5 Å². The number of nitrogens with one attached hydrogen (secondary N) is 3. The SMILES string of the molecule is Cc1cc(Nc2nc(N3CCC[C@@H](NC4CCN(C5CN(Cc6ccc7c(c6)C(=O)N(C6CCC(=O)NC6=O)C7=O)C5)CC4)C3)cnc2C(N)=O)sn1. The van der Waals surface area contributed by atoms with E-state index in [1.807, 2.05) is 19.1 Å². The molecule has 1 aromatic carbocycles. The number of fused-ring (bicyclic) bond motifs is 1. The molecule has 1 unspecified atom stereocenters. The maximum absolute atomic E-state index is 13.2. The number of anilines is 3. The molecule has 2 atom stereocenters. The van der Waals surface area contributed by atoms with Crippen LogP contribution in [0.5, 0.6) is 0 Å². The van der Waals surface area contributed by atoms with Crippen LogP contribution in [-0.2, 0) is 16.1 Å². The van der Waals surface area contributed by atoms with E-state index in [2.05, 4.69) is 40.0 Å². The molecule has 3 aromatic rings. The number of aryl methyl sites for hydroxylation is 1. The largest absolute Gasteiger partial charge is 0.364 e. The molecule has 0 saturated carbocycles. The minimum absolute atomic E-state index is 0.0974. The third-order valence-electron chi connectivity index (χ3n) is 11.0. The van der Waals surface area contributed by atoms with Gasteiger partial charge < -0.3 is 21.3 Å². The number of amides is 5. The van der Waals surface area contributed by atoms with Crippen molar-refractivity contribution >= 4 is 57.7 Å². The highest BCUT2D eigenvalue weighted by Gasteiger charge is 2.45. The van der Waals surface area contributed by atoms with Gasteiger partial charge in [-0.3, -0.25) is 44.0 Å². The number of carbonyl (C=O) groups is 5. The molecular formula is C36H43N11O5S. The van der Waals surface area contributed by atoms with Crippen LogP contribution in [0.2, 0.25) is 0 Å². The van der Waals surface area contributed by atoms with Gasteiger partial charge in [-0.1, -0.05) is 6.07 Å². The molecule has 5 N–H and O–H groups in total. The van der Waals surface area contributed by atoms with Crippen molar-refractivity contribution in [2.45, 2.75) is 76.2 Å². The minimum Gasteiger partial charge on any atom is -0.364 e. The first-order valence-electron chi connectivity index (χ1n) is 18.3. The topological polar surface area (TPSA) is 199 Å². The van der Waals surface area contributed by atoms with Crippen LogP contribution in [0, 0.1) is 6.92 Å². The fourth-order valence-corrected chi connectivity index (χ4v) is 8.86. The summed E-state index contributed by atoms with van der Waals surface area (Å²) in [6, 6.07) is 7.53. The summed E-state index contributed by atoms with van der Waals surface area (Å²) in [5.41, 5.74) is 8.16. The first-order chi connectivity index (χ1) is 25.6. The Bertz CT molecular complexity index is 1960. The van der Waals surface area contributed by atoms with Gasteiger partial charge in [-0.15, -0.1) is 0 Å². The van der Waals surface area contributed by atoms with Crippen molar-refractivity contribution in [2.24, 2.45) is 5.73 Å². The average Bonchev–Trinajstić information content (AvgIpc) is 3.65. The number of benzene rings is 1. The Morgan fingerprint density at radius 1 is 0.981 bits per heavy atom. The third-order valence-corrected chi connectivity index (χ3v) is 11.8. The lowest BCUT2D eigenvalue weighted by Gasteiger charge is -2.48. The van der Waals surface area contributed by atoms with Gasteiger partial charge in [-0.2, -0.15) is 4.37 Å². The summed E-state index contributed by atoms with van der Waals surface area (Å²) < 4.78 is 4.29. The number of piperidine rings is 3. The molecule has 0 spiro atoms. The van der Waals surface area contributed by atoms with Gasteiger partial charge in [0.05, 0.1) is 23.0 Å². The number of hydrogen-bond acceptors (Lipinski definition) is 14. The van der Waals surface area contributed by atoms with Gasteiger partial charge in [0.2, 0.25) is 11.8 Å². The summed E-state index contributed by atoms with van der Waals surface area (Å²) in [4.78, 5) is 79.6. The van der Waals surface area contributed by atoms with E-state index in [4.69, 9.17) is 10.7 Å². The molecule has 4 fully saturated rings. The van der Waals surface area contributed by atoms with Crippen molar-refractivity contribution in [3.05, 3.63) is 58.5 Å². The second-order valence-electron chi connectivity index (χ2n) is 14.7. The Hall–Kier alpha value is -4.84. The molecule has 17 heteroatoms. The van der Waals surface area contributed by atoms with Crippen LogP contribution in [0.15, 0.2) is 30.5 Å². The molecule has 5 aliphatic heterocycles. The molecule has 5 amide bonds. The van der Waals surface area contributed by atoms with Crippen molar-refractivity contribution in [1.82, 2.24) is 39.7 Å². The highest BCUT2D eigenvalue weighted by atomic mass is 32.1. The number of imide groups is 2. The number of primary amides is 1. The molecule has 0 radical (unpaired) electrons. The van der Waals surface area contributed by atoms with Crippen molar-refractivity contribution in [2.75, 3.05) is 49.5 Å². The van der Waals surface area contributed by atoms with Crippen LogP contribution < -0.4 is 26.6 Å². The molecule has 16 nitrogen and oxygen atoms in total. The molecule has 278 valence electrons. The number of carbonyl (C=O) groups excluding carboxylic acids is 5. The molecule has 0 aliphatic carbocycles. The van der Waals surface area contributed by atoms with Crippen LogP contribution in [0.1, 0.15) is 81.0 Å². The van der Waals surface area contributed by atoms with Crippen LogP contribution in [0.4, 0.5) is 16.6 Å². The zero-order valence-electron chi connectivity index (χ0n) is 29.5. The minimum atomic E-state index is -0.962. The molecule has 4 saturated heterocycles. The summed E-state index contributed by atoms with van der Waals surface area (Å²) in [7, 11) is 0. The Labute approximate surface area is 310 Å². The predicted molar refractivity (Wildman–Crippen MR) is 196 cm³/mol.